The molecule has 7 nitrogen and oxygen atoms in total. The summed E-state index contributed by atoms with van der Waals surface area (Å²) in [6.07, 6.45) is 5.02. The average Bonchev–Trinajstić information content (AvgIpc) is 2.84. The first-order valence-electron chi connectivity index (χ1n) is 10.2. The Hall–Kier alpha value is -4.02. The number of hydrogen-bond acceptors (Lipinski definition) is 6. The van der Waals surface area contributed by atoms with Crippen molar-refractivity contribution in [1.82, 2.24) is 15.0 Å². The first-order chi connectivity index (χ1) is 15.8. The molecule has 3 aromatic heterocycles. The molecule has 0 fully saturated rings. The number of carbonyl (C=O) groups excluding carboxylic acids is 1. The summed E-state index contributed by atoms with van der Waals surface area (Å²) in [5.41, 5.74) is 3.13. The van der Waals surface area contributed by atoms with Crippen LogP contribution in [0.2, 0.25) is 5.02 Å². The number of pyridine rings is 3. The van der Waals surface area contributed by atoms with Crippen molar-refractivity contribution in [2.24, 2.45) is 0 Å². The van der Waals surface area contributed by atoms with Gasteiger partial charge in [0.2, 0.25) is 0 Å². The largest absolute Gasteiger partial charge is 0.373 e. The van der Waals surface area contributed by atoms with Gasteiger partial charge in [-0.3, -0.25) is 14.8 Å². The third-order valence-corrected chi connectivity index (χ3v) is 5.68. The molecule has 0 bridgehead atoms. The number of amides is 1. The maximum absolute atomic E-state index is 12.8. The van der Waals surface area contributed by atoms with E-state index in [-0.39, 0.29) is 11.6 Å². The van der Waals surface area contributed by atoms with Crippen molar-refractivity contribution in [2.45, 2.75) is 19.3 Å². The predicted octanol–water partition coefficient (Wildman–Crippen LogP) is 5.44. The zero-order valence-corrected chi connectivity index (χ0v) is 19.1. The normalized spacial score (nSPS) is 11.1. The van der Waals surface area contributed by atoms with Crippen LogP contribution in [0.25, 0.3) is 22.0 Å². The molecule has 0 atom stereocenters. The van der Waals surface area contributed by atoms with Crippen LogP contribution in [0.15, 0.2) is 61.1 Å². The lowest BCUT2D eigenvalue weighted by Gasteiger charge is -2.16. The van der Waals surface area contributed by atoms with Gasteiger partial charge in [0.05, 0.1) is 17.0 Å². The average molecular weight is 457 g/mol. The highest BCUT2D eigenvalue weighted by atomic mass is 35.5. The Morgan fingerprint density at radius 2 is 1.88 bits per heavy atom. The van der Waals surface area contributed by atoms with Gasteiger partial charge in [0.15, 0.2) is 0 Å². The van der Waals surface area contributed by atoms with E-state index in [0.717, 1.165) is 33.4 Å². The van der Waals surface area contributed by atoms with Gasteiger partial charge in [0.25, 0.3) is 5.91 Å². The van der Waals surface area contributed by atoms with Crippen molar-refractivity contribution in [1.29, 1.82) is 5.26 Å². The van der Waals surface area contributed by atoms with Crippen LogP contribution in [0.5, 0.6) is 0 Å². The van der Waals surface area contributed by atoms with E-state index in [4.69, 9.17) is 11.6 Å². The summed E-state index contributed by atoms with van der Waals surface area (Å²) in [6.45, 7) is 3.59. The lowest BCUT2D eigenvalue weighted by atomic mass is 9.86. The van der Waals surface area contributed by atoms with Gasteiger partial charge < -0.3 is 10.6 Å². The second-order valence-corrected chi connectivity index (χ2v) is 8.46. The highest BCUT2D eigenvalue weighted by Crippen LogP contribution is 2.32. The van der Waals surface area contributed by atoms with Crippen LogP contribution in [0.3, 0.4) is 0 Å². The van der Waals surface area contributed by atoms with Crippen molar-refractivity contribution in [3.05, 3.63) is 77.3 Å². The fraction of sp³-hybridized carbons (Fsp3) is 0.160. The Balaban J connectivity index is 1.63. The van der Waals surface area contributed by atoms with Crippen LogP contribution in [-0.4, -0.2) is 27.9 Å². The van der Waals surface area contributed by atoms with Crippen molar-refractivity contribution in [3.63, 3.8) is 0 Å². The Morgan fingerprint density at radius 3 is 2.64 bits per heavy atom. The summed E-state index contributed by atoms with van der Waals surface area (Å²) < 4.78 is 0. The van der Waals surface area contributed by atoms with E-state index < -0.39 is 5.41 Å². The highest BCUT2D eigenvalue weighted by molar-refractivity contribution is 6.33. The minimum Gasteiger partial charge on any atom is -0.373 e. The second-order valence-electron chi connectivity index (χ2n) is 8.05. The van der Waals surface area contributed by atoms with Crippen molar-refractivity contribution in [3.8, 4) is 17.2 Å². The molecular formula is C25H21ClN6O. The molecule has 33 heavy (non-hydrogen) atoms. The molecule has 0 aliphatic heterocycles. The minimum atomic E-state index is -0.725. The Bertz CT molecular complexity index is 1410. The van der Waals surface area contributed by atoms with Crippen LogP contribution >= 0.6 is 11.6 Å². The van der Waals surface area contributed by atoms with E-state index in [1.807, 2.05) is 12.1 Å². The number of benzene rings is 1. The Kier molecular flexibility index (Phi) is 5.95. The summed E-state index contributed by atoms with van der Waals surface area (Å²) in [5.74, 6) is 0.362. The number of anilines is 2. The zero-order chi connectivity index (χ0) is 23.6. The molecule has 0 aliphatic carbocycles. The quantitative estimate of drug-likeness (QED) is 0.414. The van der Waals surface area contributed by atoms with E-state index in [0.29, 0.717) is 10.7 Å². The van der Waals surface area contributed by atoms with Crippen molar-refractivity contribution in [2.75, 3.05) is 17.7 Å². The third-order valence-electron chi connectivity index (χ3n) is 5.35. The number of nitrogens with one attached hydrogen (secondary N) is 2. The Morgan fingerprint density at radius 1 is 1.06 bits per heavy atom. The zero-order valence-electron chi connectivity index (χ0n) is 18.3. The van der Waals surface area contributed by atoms with Gasteiger partial charge in [-0.15, -0.1) is 0 Å². The molecule has 3 heterocycles. The highest BCUT2D eigenvalue weighted by Gasteiger charge is 2.21. The number of nitrogens with zero attached hydrogens (tertiary/aromatic N) is 4. The molecule has 8 heteroatoms. The molecule has 4 aromatic rings. The fourth-order valence-electron chi connectivity index (χ4n) is 3.33. The first kappa shape index (κ1) is 22.2. The summed E-state index contributed by atoms with van der Waals surface area (Å²) in [4.78, 5) is 25.9. The second kappa shape index (κ2) is 8.85. The van der Waals surface area contributed by atoms with Crippen LogP contribution in [0.1, 0.15) is 29.9 Å². The molecular weight excluding hydrogens is 436 g/mol. The van der Waals surface area contributed by atoms with Gasteiger partial charge in [0, 0.05) is 58.9 Å². The number of halogens is 1. The summed E-state index contributed by atoms with van der Waals surface area (Å²) in [6, 6.07) is 14.7. The molecule has 1 amide bonds. The SMILES string of the molecule is CNc1cc2ncc(-c3cc(NC(=O)c4cc(C(C)(C)C#N)ccn4)ccc3Cl)cc2cn1. The van der Waals surface area contributed by atoms with Crippen LogP contribution in [0, 0.1) is 11.3 Å². The minimum absolute atomic E-state index is 0.228. The number of carbonyl (C=O) groups is 1. The third kappa shape index (κ3) is 4.61. The maximum atomic E-state index is 12.8. The molecule has 0 unspecified atom stereocenters. The van der Waals surface area contributed by atoms with Gasteiger partial charge in [-0.2, -0.15) is 5.26 Å². The monoisotopic (exact) mass is 456 g/mol. The van der Waals surface area contributed by atoms with E-state index in [2.05, 4.69) is 31.7 Å². The van der Waals surface area contributed by atoms with E-state index >= 15 is 0 Å². The number of hydrogen-bond donors (Lipinski definition) is 2. The van der Waals surface area contributed by atoms with E-state index in [9.17, 15) is 10.1 Å². The van der Waals surface area contributed by atoms with Crippen LogP contribution < -0.4 is 10.6 Å². The molecule has 0 saturated heterocycles. The molecule has 0 spiro atoms. The molecule has 0 saturated carbocycles. The smallest absolute Gasteiger partial charge is 0.274 e. The molecule has 4 rings (SSSR count). The molecule has 164 valence electrons. The number of nitriles is 1. The van der Waals surface area contributed by atoms with Crippen molar-refractivity contribution >= 4 is 39.9 Å². The molecule has 2 N–H and O–H groups in total. The van der Waals surface area contributed by atoms with Gasteiger partial charge in [-0.25, -0.2) is 4.98 Å². The van der Waals surface area contributed by atoms with Gasteiger partial charge in [-0.05, 0) is 55.8 Å². The Labute approximate surface area is 196 Å². The lowest BCUT2D eigenvalue weighted by molar-refractivity contribution is 0.102. The summed E-state index contributed by atoms with van der Waals surface area (Å²) in [7, 11) is 1.80. The molecule has 1 aromatic carbocycles. The maximum Gasteiger partial charge on any atom is 0.274 e. The predicted molar refractivity (Wildman–Crippen MR) is 130 cm³/mol. The van der Waals surface area contributed by atoms with Crippen LogP contribution in [0.4, 0.5) is 11.5 Å². The first-order valence-corrected chi connectivity index (χ1v) is 10.6. The van der Waals surface area contributed by atoms with Gasteiger partial charge >= 0.3 is 0 Å². The number of aromatic nitrogens is 3. The number of rotatable bonds is 5. The number of fused-ring (bicyclic) bond motifs is 1. The van der Waals surface area contributed by atoms with Gasteiger partial charge in [0.1, 0.15) is 11.5 Å². The lowest BCUT2D eigenvalue weighted by Crippen LogP contribution is -2.18. The van der Waals surface area contributed by atoms with E-state index in [1.165, 1.54) is 6.20 Å². The topological polar surface area (TPSA) is 104 Å². The standard InChI is InChI=1S/C25H21ClN6O/c1-25(2,14-27)17-6-7-29-22(9-17)24(33)32-18-4-5-20(26)19(10-18)15-8-16-13-31-23(28-3)11-21(16)30-12-15/h4-13H,1-3H3,(H,28,31)(H,32,33). The molecule has 0 radical (unpaired) electrons. The van der Waals surface area contributed by atoms with E-state index in [1.54, 1.807) is 63.6 Å². The summed E-state index contributed by atoms with van der Waals surface area (Å²) in [5, 5.41) is 16.6. The summed E-state index contributed by atoms with van der Waals surface area (Å²) >= 11 is 6.46. The fourth-order valence-corrected chi connectivity index (χ4v) is 3.56. The van der Waals surface area contributed by atoms with Crippen molar-refractivity contribution < 1.29 is 4.79 Å². The van der Waals surface area contributed by atoms with Gasteiger partial charge in [-0.1, -0.05) is 11.6 Å². The molecule has 0 aliphatic rings. The van der Waals surface area contributed by atoms with Crippen LogP contribution in [-0.2, 0) is 5.41 Å².